The standard InChI is InChI=1S/C6H5ClF2N2O3S/c7-15(13,14)6-4(5(8)9)2(12)1-3(10)11-6/h1,5H,(H3,10,11,12). The number of H-pyrrole nitrogens is 1. The van der Waals surface area contributed by atoms with Gasteiger partial charge in [0.25, 0.3) is 15.5 Å². The Kier molecular flexibility index (Phi) is 3.00. The molecule has 0 bridgehead atoms. The monoisotopic (exact) mass is 258 g/mol. The Morgan fingerprint density at radius 1 is 1.47 bits per heavy atom. The predicted molar refractivity (Wildman–Crippen MR) is 49.5 cm³/mol. The largest absolute Gasteiger partial charge is 0.385 e. The SMILES string of the molecule is Nc1cc(=O)c(C(F)F)c(S(=O)(=O)Cl)[nH]1. The second-order valence-corrected chi connectivity index (χ2v) is 5.07. The van der Waals surface area contributed by atoms with Gasteiger partial charge < -0.3 is 10.7 Å². The number of anilines is 1. The van der Waals surface area contributed by atoms with Gasteiger partial charge in [0, 0.05) is 16.7 Å². The van der Waals surface area contributed by atoms with Gasteiger partial charge in [0.2, 0.25) is 0 Å². The van der Waals surface area contributed by atoms with E-state index in [1.165, 1.54) is 0 Å². The van der Waals surface area contributed by atoms with Crippen molar-refractivity contribution in [1.82, 2.24) is 4.98 Å². The maximum absolute atomic E-state index is 12.4. The average molecular weight is 259 g/mol. The van der Waals surface area contributed by atoms with E-state index < -0.39 is 31.5 Å². The van der Waals surface area contributed by atoms with Gasteiger partial charge >= 0.3 is 0 Å². The van der Waals surface area contributed by atoms with E-state index in [0.29, 0.717) is 6.07 Å². The second kappa shape index (κ2) is 3.78. The van der Waals surface area contributed by atoms with Crippen LogP contribution in [-0.2, 0) is 9.05 Å². The van der Waals surface area contributed by atoms with Gasteiger partial charge in [-0.1, -0.05) is 0 Å². The van der Waals surface area contributed by atoms with Crippen LogP contribution in [0.2, 0.25) is 0 Å². The summed E-state index contributed by atoms with van der Waals surface area (Å²) in [6.45, 7) is 0. The van der Waals surface area contributed by atoms with Gasteiger partial charge in [0.15, 0.2) is 10.5 Å². The van der Waals surface area contributed by atoms with E-state index in [1.54, 1.807) is 0 Å². The third-order valence-corrected chi connectivity index (χ3v) is 2.79. The number of aromatic amines is 1. The van der Waals surface area contributed by atoms with Crippen molar-refractivity contribution in [1.29, 1.82) is 0 Å². The summed E-state index contributed by atoms with van der Waals surface area (Å²) in [4.78, 5) is 13.0. The molecule has 0 saturated carbocycles. The fraction of sp³-hybridized carbons (Fsp3) is 0.167. The second-order valence-electron chi connectivity index (χ2n) is 2.57. The van der Waals surface area contributed by atoms with E-state index in [2.05, 4.69) is 0 Å². The van der Waals surface area contributed by atoms with E-state index in [1.807, 2.05) is 4.98 Å². The zero-order valence-corrected chi connectivity index (χ0v) is 8.57. The molecule has 0 aliphatic rings. The first-order valence-electron chi connectivity index (χ1n) is 3.49. The number of rotatable bonds is 2. The van der Waals surface area contributed by atoms with Gasteiger partial charge in [0.1, 0.15) is 11.4 Å². The average Bonchev–Trinajstić information content (AvgIpc) is 1.99. The fourth-order valence-electron chi connectivity index (χ4n) is 0.964. The Morgan fingerprint density at radius 2 is 2.00 bits per heavy atom. The molecule has 0 radical (unpaired) electrons. The molecular weight excluding hydrogens is 254 g/mol. The fourth-order valence-corrected chi connectivity index (χ4v) is 2.02. The first kappa shape index (κ1) is 11.9. The van der Waals surface area contributed by atoms with Crippen LogP contribution in [0.15, 0.2) is 15.9 Å². The summed E-state index contributed by atoms with van der Waals surface area (Å²) in [6, 6.07) is 0.660. The van der Waals surface area contributed by atoms with Gasteiger partial charge in [0.05, 0.1) is 0 Å². The van der Waals surface area contributed by atoms with E-state index in [0.717, 1.165) is 0 Å². The normalized spacial score (nSPS) is 12.0. The lowest BCUT2D eigenvalue weighted by Gasteiger charge is -2.05. The molecule has 84 valence electrons. The molecule has 0 unspecified atom stereocenters. The summed E-state index contributed by atoms with van der Waals surface area (Å²) in [5.74, 6) is -0.358. The molecule has 0 atom stereocenters. The number of pyridine rings is 1. The number of nitrogens with two attached hydrogens (primary N) is 1. The van der Waals surface area contributed by atoms with Crippen molar-refractivity contribution >= 4 is 25.6 Å². The van der Waals surface area contributed by atoms with Gasteiger partial charge in [-0.25, -0.2) is 17.2 Å². The van der Waals surface area contributed by atoms with Crippen molar-refractivity contribution < 1.29 is 17.2 Å². The minimum absolute atomic E-state index is 0.358. The minimum atomic E-state index is -4.47. The Morgan fingerprint density at radius 3 is 2.40 bits per heavy atom. The number of hydrogen-bond acceptors (Lipinski definition) is 4. The zero-order chi connectivity index (χ0) is 11.8. The third kappa shape index (κ3) is 2.45. The summed E-state index contributed by atoms with van der Waals surface area (Å²) >= 11 is 0. The number of halogens is 3. The van der Waals surface area contributed by atoms with Crippen LogP contribution in [-0.4, -0.2) is 13.4 Å². The van der Waals surface area contributed by atoms with Crippen LogP contribution in [0.3, 0.4) is 0 Å². The molecule has 0 aliphatic heterocycles. The lowest BCUT2D eigenvalue weighted by atomic mass is 10.3. The highest BCUT2D eigenvalue weighted by Gasteiger charge is 2.26. The lowest BCUT2D eigenvalue weighted by molar-refractivity contribution is 0.146. The smallest absolute Gasteiger partial charge is 0.277 e. The van der Waals surface area contributed by atoms with Crippen LogP contribution < -0.4 is 11.2 Å². The zero-order valence-electron chi connectivity index (χ0n) is 7.00. The molecule has 1 rings (SSSR count). The maximum atomic E-state index is 12.4. The molecule has 1 aromatic rings. The lowest BCUT2D eigenvalue weighted by Crippen LogP contribution is -2.17. The van der Waals surface area contributed by atoms with Gasteiger partial charge in [-0.2, -0.15) is 0 Å². The molecular formula is C6H5ClF2N2O3S. The van der Waals surface area contributed by atoms with Crippen molar-refractivity contribution in [2.24, 2.45) is 0 Å². The number of alkyl halides is 2. The number of nitrogen functional groups attached to an aromatic ring is 1. The summed E-state index contributed by atoms with van der Waals surface area (Å²) in [6.07, 6.45) is -3.25. The summed E-state index contributed by atoms with van der Waals surface area (Å²) in [5, 5.41) is -1.07. The molecule has 1 aromatic heterocycles. The van der Waals surface area contributed by atoms with Crippen LogP contribution in [0.1, 0.15) is 12.0 Å². The molecule has 0 amide bonds. The van der Waals surface area contributed by atoms with E-state index in [9.17, 15) is 22.0 Å². The molecule has 0 aliphatic carbocycles. The van der Waals surface area contributed by atoms with Crippen molar-refractivity contribution in [2.75, 3.05) is 5.73 Å². The Bertz CT molecular complexity index is 540. The van der Waals surface area contributed by atoms with Crippen molar-refractivity contribution in [3.63, 3.8) is 0 Å². The molecule has 0 spiro atoms. The Labute approximate surface area is 87.3 Å². The van der Waals surface area contributed by atoms with Gasteiger partial charge in [-0.05, 0) is 0 Å². The highest BCUT2D eigenvalue weighted by molar-refractivity contribution is 8.13. The summed E-state index contributed by atoms with van der Waals surface area (Å²) in [5.41, 5.74) is 2.71. The van der Waals surface area contributed by atoms with Crippen molar-refractivity contribution in [2.45, 2.75) is 11.5 Å². The van der Waals surface area contributed by atoms with E-state index in [4.69, 9.17) is 16.4 Å². The number of aromatic nitrogens is 1. The van der Waals surface area contributed by atoms with Gasteiger partial charge in [-0.15, -0.1) is 0 Å². The number of nitrogens with one attached hydrogen (secondary N) is 1. The molecule has 0 fully saturated rings. The minimum Gasteiger partial charge on any atom is -0.385 e. The number of hydrogen-bond donors (Lipinski definition) is 2. The molecule has 15 heavy (non-hydrogen) atoms. The molecule has 0 saturated heterocycles. The highest BCUT2D eigenvalue weighted by atomic mass is 35.7. The Balaban J connectivity index is 3.70. The molecule has 3 N–H and O–H groups in total. The molecule has 1 heterocycles. The Hall–Kier alpha value is -1.15. The van der Waals surface area contributed by atoms with Crippen molar-refractivity contribution in [3.05, 3.63) is 21.9 Å². The van der Waals surface area contributed by atoms with Crippen LogP contribution in [0.25, 0.3) is 0 Å². The predicted octanol–water partition coefficient (Wildman–Crippen LogP) is 0.822. The van der Waals surface area contributed by atoms with Crippen LogP contribution in [0.5, 0.6) is 0 Å². The van der Waals surface area contributed by atoms with Crippen molar-refractivity contribution in [3.8, 4) is 0 Å². The highest BCUT2D eigenvalue weighted by Crippen LogP contribution is 2.24. The third-order valence-electron chi connectivity index (χ3n) is 1.52. The summed E-state index contributed by atoms with van der Waals surface area (Å²) < 4.78 is 46.5. The van der Waals surface area contributed by atoms with Crippen LogP contribution in [0, 0.1) is 0 Å². The quantitative estimate of drug-likeness (QED) is 0.768. The first-order valence-corrected chi connectivity index (χ1v) is 5.80. The van der Waals surface area contributed by atoms with E-state index in [-0.39, 0.29) is 5.82 Å². The van der Waals surface area contributed by atoms with Gasteiger partial charge in [-0.3, -0.25) is 4.79 Å². The molecule has 0 aromatic carbocycles. The molecule has 9 heteroatoms. The van der Waals surface area contributed by atoms with Crippen LogP contribution in [0.4, 0.5) is 14.6 Å². The first-order chi connectivity index (χ1) is 6.73. The van der Waals surface area contributed by atoms with E-state index >= 15 is 0 Å². The summed E-state index contributed by atoms with van der Waals surface area (Å²) in [7, 11) is 0.398. The molecule has 5 nitrogen and oxygen atoms in total. The van der Waals surface area contributed by atoms with Crippen LogP contribution >= 0.6 is 10.7 Å². The topological polar surface area (TPSA) is 93.0 Å². The maximum Gasteiger partial charge on any atom is 0.277 e.